The fraction of sp³-hybridized carbons (Fsp3) is 0.550. The third-order valence-corrected chi connectivity index (χ3v) is 5.81. The van der Waals surface area contributed by atoms with E-state index in [0.29, 0.717) is 16.5 Å². The number of aromatic amines is 1. The molecule has 1 aliphatic rings. The van der Waals surface area contributed by atoms with Crippen LogP contribution in [0.15, 0.2) is 24.4 Å². The van der Waals surface area contributed by atoms with Crippen LogP contribution in [-0.2, 0) is 0 Å². The smallest absolute Gasteiger partial charge is 0.253 e. The van der Waals surface area contributed by atoms with Gasteiger partial charge in [-0.05, 0) is 50.0 Å². The van der Waals surface area contributed by atoms with E-state index < -0.39 is 0 Å². The van der Waals surface area contributed by atoms with Crippen molar-refractivity contribution in [3.63, 3.8) is 0 Å². The molecule has 2 unspecified atom stereocenters. The Morgan fingerprint density at radius 3 is 2.80 bits per heavy atom. The number of benzene rings is 1. The average molecular weight is 362 g/mol. The topological polar surface area (TPSA) is 48.1 Å². The Balaban J connectivity index is 1.73. The highest BCUT2D eigenvalue weighted by Gasteiger charge is 2.28. The molecule has 3 rings (SSSR count). The third kappa shape index (κ3) is 4.18. The summed E-state index contributed by atoms with van der Waals surface area (Å²) in [4.78, 5) is 18.4. The van der Waals surface area contributed by atoms with Crippen LogP contribution >= 0.6 is 11.6 Å². The van der Waals surface area contributed by atoms with Crippen molar-refractivity contribution in [3.05, 3.63) is 35.0 Å². The molecular formula is C20H28ClN3O. The first-order valence-corrected chi connectivity index (χ1v) is 9.80. The highest BCUT2D eigenvalue weighted by Crippen LogP contribution is 2.27. The molecule has 1 amide bonds. The Morgan fingerprint density at radius 1 is 1.28 bits per heavy atom. The lowest BCUT2D eigenvalue weighted by Gasteiger charge is -2.35. The van der Waals surface area contributed by atoms with Crippen molar-refractivity contribution < 1.29 is 4.79 Å². The predicted octanol–water partition coefficient (Wildman–Crippen LogP) is 4.45. The van der Waals surface area contributed by atoms with Crippen molar-refractivity contribution in [1.82, 2.24) is 15.2 Å². The second-order valence-electron chi connectivity index (χ2n) is 7.01. The van der Waals surface area contributed by atoms with Crippen molar-refractivity contribution in [3.8, 4) is 0 Å². The van der Waals surface area contributed by atoms with E-state index in [1.54, 1.807) is 0 Å². The quantitative estimate of drug-likeness (QED) is 0.798. The fourth-order valence-electron chi connectivity index (χ4n) is 3.92. The highest BCUT2D eigenvalue weighted by atomic mass is 35.5. The number of aromatic nitrogens is 1. The molecule has 0 aliphatic heterocycles. The zero-order valence-corrected chi connectivity index (χ0v) is 15.9. The molecule has 0 bridgehead atoms. The number of nitrogens with zero attached hydrogens (tertiary/aromatic N) is 1. The van der Waals surface area contributed by atoms with Crippen LogP contribution in [0.2, 0.25) is 5.02 Å². The van der Waals surface area contributed by atoms with E-state index in [2.05, 4.69) is 29.0 Å². The minimum absolute atomic E-state index is 0.0575. The van der Waals surface area contributed by atoms with Crippen LogP contribution in [0.3, 0.4) is 0 Å². The van der Waals surface area contributed by atoms with Gasteiger partial charge in [-0.25, -0.2) is 0 Å². The number of H-pyrrole nitrogens is 1. The second kappa shape index (κ2) is 8.24. The summed E-state index contributed by atoms with van der Waals surface area (Å²) >= 11 is 6.36. The molecule has 1 fully saturated rings. The molecule has 136 valence electrons. The monoisotopic (exact) mass is 361 g/mol. The number of hydrogen-bond donors (Lipinski definition) is 2. The molecule has 25 heavy (non-hydrogen) atoms. The van der Waals surface area contributed by atoms with Crippen LogP contribution in [0.4, 0.5) is 0 Å². The molecule has 0 radical (unpaired) electrons. The second-order valence-corrected chi connectivity index (χ2v) is 7.41. The summed E-state index contributed by atoms with van der Waals surface area (Å²) in [5, 5.41) is 4.81. The van der Waals surface area contributed by atoms with Crippen molar-refractivity contribution in [1.29, 1.82) is 0 Å². The maximum absolute atomic E-state index is 12.8. The summed E-state index contributed by atoms with van der Waals surface area (Å²) in [6.07, 6.45) is 6.55. The number of rotatable bonds is 6. The first kappa shape index (κ1) is 18.3. The number of nitrogens with one attached hydrogen (secondary N) is 2. The first-order valence-electron chi connectivity index (χ1n) is 9.42. The van der Waals surface area contributed by atoms with Crippen molar-refractivity contribution in [2.75, 3.05) is 19.6 Å². The SMILES string of the molecule is CCN(CC)CC1CCCCC1NC(=O)c1cc2[nH]ccc2cc1Cl. The molecule has 1 saturated carbocycles. The number of carbonyl (C=O) groups excluding carboxylic acids is 1. The third-order valence-electron chi connectivity index (χ3n) is 5.50. The maximum atomic E-state index is 12.8. The highest BCUT2D eigenvalue weighted by molar-refractivity contribution is 6.34. The van der Waals surface area contributed by atoms with Gasteiger partial charge in [0, 0.05) is 29.7 Å². The van der Waals surface area contributed by atoms with E-state index in [0.717, 1.165) is 37.0 Å². The summed E-state index contributed by atoms with van der Waals surface area (Å²) in [5.74, 6) is 0.462. The maximum Gasteiger partial charge on any atom is 0.253 e. The van der Waals surface area contributed by atoms with Crippen molar-refractivity contribution in [2.45, 2.75) is 45.6 Å². The molecule has 0 spiro atoms. The molecular weight excluding hydrogens is 334 g/mol. The van der Waals surface area contributed by atoms with Crippen LogP contribution < -0.4 is 5.32 Å². The number of amides is 1. The van der Waals surface area contributed by atoms with Crippen molar-refractivity contribution >= 4 is 28.4 Å². The Labute approximate surface area is 154 Å². The van der Waals surface area contributed by atoms with E-state index >= 15 is 0 Å². The molecule has 2 N–H and O–H groups in total. The van der Waals surface area contributed by atoms with Gasteiger partial charge in [-0.1, -0.05) is 38.3 Å². The normalized spacial score (nSPS) is 21.0. The summed E-state index contributed by atoms with van der Waals surface area (Å²) in [5.41, 5.74) is 1.50. The summed E-state index contributed by atoms with van der Waals surface area (Å²) in [7, 11) is 0. The van der Waals surface area contributed by atoms with Crippen molar-refractivity contribution in [2.24, 2.45) is 5.92 Å². The molecule has 0 saturated heterocycles. The molecule has 5 heteroatoms. The molecule has 1 heterocycles. The molecule has 1 aromatic carbocycles. The lowest BCUT2D eigenvalue weighted by atomic mass is 9.84. The van der Waals surface area contributed by atoms with Gasteiger partial charge in [0.15, 0.2) is 0 Å². The lowest BCUT2D eigenvalue weighted by Crippen LogP contribution is -2.46. The molecule has 2 atom stereocenters. The van der Waals surface area contributed by atoms with Crippen LogP contribution in [-0.4, -0.2) is 41.5 Å². The Morgan fingerprint density at radius 2 is 2.04 bits per heavy atom. The predicted molar refractivity (Wildman–Crippen MR) is 104 cm³/mol. The summed E-state index contributed by atoms with van der Waals surface area (Å²) in [6.45, 7) is 7.57. The van der Waals surface area contributed by atoms with E-state index in [1.807, 2.05) is 24.4 Å². The Kier molecular flexibility index (Phi) is 6.02. The Bertz CT molecular complexity index is 723. The van der Waals surface area contributed by atoms with Crippen LogP contribution in [0.1, 0.15) is 49.9 Å². The minimum Gasteiger partial charge on any atom is -0.361 e. The van der Waals surface area contributed by atoms with E-state index in [4.69, 9.17) is 11.6 Å². The standard InChI is InChI=1S/C20H28ClN3O/c1-3-24(4-2)13-15-7-5-6-8-18(15)23-20(25)16-12-19-14(9-10-22-19)11-17(16)21/h9-12,15,18,22H,3-8,13H2,1-2H3,(H,23,25). The van der Waals surface area contributed by atoms with Gasteiger partial charge in [-0.15, -0.1) is 0 Å². The van der Waals surface area contributed by atoms with Gasteiger partial charge < -0.3 is 15.2 Å². The molecule has 1 aromatic heterocycles. The van der Waals surface area contributed by atoms with Gasteiger partial charge in [-0.2, -0.15) is 0 Å². The number of halogens is 1. The van der Waals surface area contributed by atoms with Gasteiger partial charge in [-0.3, -0.25) is 4.79 Å². The van der Waals surface area contributed by atoms with Gasteiger partial charge in [0.2, 0.25) is 0 Å². The zero-order valence-electron chi connectivity index (χ0n) is 15.1. The minimum atomic E-state index is -0.0575. The molecule has 1 aliphatic carbocycles. The Hall–Kier alpha value is -1.52. The van der Waals surface area contributed by atoms with E-state index in [9.17, 15) is 4.79 Å². The van der Waals surface area contributed by atoms with E-state index in [-0.39, 0.29) is 11.9 Å². The van der Waals surface area contributed by atoms with Crippen LogP contribution in [0.5, 0.6) is 0 Å². The van der Waals surface area contributed by atoms with Gasteiger partial charge >= 0.3 is 0 Å². The zero-order chi connectivity index (χ0) is 17.8. The average Bonchev–Trinajstić information content (AvgIpc) is 3.07. The number of fused-ring (bicyclic) bond motifs is 1. The van der Waals surface area contributed by atoms with Gasteiger partial charge in [0.1, 0.15) is 0 Å². The summed E-state index contributed by atoms with van der Waals surface area (Å²) in [6, 6.07) is 5.91. The van der Waals surface area contributed by atoms with Crippen LogP contribution in [0.25, 0.3) is 10.9 Å². The largest absolute Gasteiger partial charge is 0.361 e. The first-order chi connectivity index (χ1) is 12.1. The molecule has 2 aromatic rings. The molecule has 4 nitrogen and oxygen atoms in total. The van der Waals surface area contributed by atoms with Gasteiger partial charge in [0.25, 0.3) is 5.91 Å². The number of hydrogen-bond acceptors (Lipinski definition) is 2. The lowest BCUT2D eigenvalue weighted by molar-refractivity contribution is 0.0888. The fourth-order valence-corrected chi connectivity index (χ4v) is 4.18. The van der Waals surface area contributed by atoms with Gasteiger partial charge in [0.05, 0.1) is 10.6 Å². The van der Waals surface area contributed by atoms with E-state index in [1.165, 1.54) is 19.3 Å². The van der Waals surface area contributed by atoms with Crippen LogP contribution in [0, 0.1) is 5.92 Å². The number of carbonyl (C=O) groups is 1. The summed E-state index contributed by atoms with van der Waals surface area (Å²) < 4.78 is 0.